The van der Waals surface area contributed by atoms with Crippen LogP contribution in [0.2, 0.25) is 0 Å². The summed E-state index contributed by atoms with van der Waals surface area (Å²) in [5.41, 5.74) is 2.93. The van der Waals surface area contributed by atoms with Crippen molar-refractivity contribution in [2.75, 3.05) is 0 Å². The Bertz CT molecular complexity index is 1180. The van der Waals surface area contributed by atoms with E-state index in [4.69, 9.17) is 4.42 Å². The number of halogens is 1. The molecule has 0 aliphatic heterocycles. The number of hydrogen-bond acceptors (Lipinski definition) is 5. The van der Waals surface area contributed by atoms with E-state index < -0.39 is 0 Å². The van der Waals surface area contributed by atoms with Gasteiger partial charge in [-0.25, -0.2) is 9.18 Å². The zero-order chi connectivity index (χ0) is 19.0. The predicted octanol–water partition coefficient (Wildman–Crippen LogP) is 4.33. The highest BCUT2D eigenvalue weighted by Gasteiger charge is 2.13. The first-order chi connectivity index (χ1) is 13.0. The maximum atomic E-state index is 13.1. The van der Waals surface area contributed by atoms with Crippen molar-refractivity contribution in [1.29, 1.82) is 0 Å². The first-order valence-electron chi connectivity index (χ1n) is 8.33. The molecule has 0 amide bonds. The minimum atomic E-state index is -0.367. The average Bonchev–Trinajstić information content (AvgIpc) is 3.00. The number of aryl methyl sites for hydroxylation is 1. The summed E-state index contributed by atoms with van der Waals surface area (Å²) >= 11 is 1.48. The van der Waals surface area contributed by atoms with Crippen LogP contribution in [0.4, 0.5) is 4.39 Å². The van der Waals surface area contributed by atoms with Gasteiger partial charge in [-0.3, -0.25) is 0 Å². The first kappa shape index (κ1) is 17.5. The number of aromatic nitrogens is 3. The quantitative estimate of drug-likeness (QED) is 0.389. The number of hydrogen-bond donors (Lipinski definition) is 0. The minimum Gasteiger partial charge on any atom is -0.423 e. The van der Waals surface area contributed by atoms with Crippen LogP contribution in [0.25, 0.3) is 22.4 Å². The molecule has 7 heteroatoms. The predicted molar refractivity (Wildman–Crippen MR) is 103 cm³/mol. The van der Waals surface area contributed by atoms with Crippen LogP contribution >= 0.6 is 11.8 Å². The van der Waals surface area contributed by atoms with Crippen LogP contribution in [-0.4, -0.2) is 14.8 Å². The topological polar surface area (TPSA) is 60.9 Å². The molecule has 0 saturated carbocycles. The van der Waals surface area contributed by atoms with Crippen molar-refractivity contribution in [2.24, 2.45) is 7.05 Å². The van der Waals surface area contributed by atoms with Crippen molar-refractivity contribution in [2.45, 2.75) is 17.8 Å². The Hall–Kier alpha value is -2.93. The third-order valence-electron chi connectivity index (χ3n) is 4.28. The average molecular weight is 381 g/mol. The lowest BCUT2D eigenvalue weighted by atomic mass is 10.1. The summed E-state index contributed by atoms with van der Waals surface area (Å²) in [6, 6.07) is 13.5. The maximum Gasteiger partial charge on any atom is 0.336 e. The number of fused-ring (bicyclic) bond motifs is 1. The fraction of sp³-hybridized carbons (Fsp3) is 0.150. The van der Waals surface area contributed by atoms with Crippen molar-refractivity contribution in [3.05, 3.63) is 75.9 Å². The van der Waals surface area contributed by atoms with Gasteiger partial charge in [0.15, 0.2) is 11.0 Å². The van der Waals surface area contributed by atoms with Gasteiger partial charge < -0.3 is 8.98 Å². The lowest BCUT2D eigenvalue weighted by Gasteiger charge is -2.06. The number of benzene rings is 2. The van der Waals surface area contributed by atoms with Gasteiger partial charge in [0.05, 0.1) is 0 Å². The molecule has 2 aromatic heterocycles. The zero-order valence-corrected chi connectivity index (χ0v) is 15.6. The van der Waals surface area contributed by atoms with Gasteiger partial charge in [0.25, 0.3) is 0 Å². The highest BCUT2D eigenvalue weighted by Crippen LogP contribution is 2.28. The molecule has 136 valence electrons. The molecule has 0 unspecified atom stereocenters. The molecule has 0 aliphatic carbocycles. The van der Waals surface area contributed by atoms with Crippen LogP contribution < -0.4 is 5.63 Å². The number of rotatable bonds is 4. The van der Waals surface area contributed by atoms with Crippen molar-refractivity contribution in [3.8, 4) is 11.4 Å². The van der Waals surface area contributed by atoms with E-state index in [2.05, 4.69) is 10.2 Å². The Balaban J connectivity index is 1.62. The molecule has 0 saturated heterocycles. The van der Waals surface area contributed by atoms with Gasteiger partial charge in [-0.2, -0.15) is 0 Å². The summed E-state index contributed by atoms with van der Waals surface area (Å²) in [5.74, 6) is 0.923. The molecule has 4 aromatic rings. The molecule has 2 heterocycles. The van der Waals surface area contributed by atoms with E-state index in [-0.39, 0.29) is 11.4 Å². The Morgan fingerprint density at radius 2 is 1.89 bits per heavy atom. The van der Waals surface area contributed by atoms with Crippen molar-refractivity contribution < 1.29 is 8.81 Å². The minimum absolute atomic E-state index is 0.291. The maximum absolute atomic E-state index is 13.1. The fourth-order valence-electron chi connectivity index (χ4n) is 2.89. The second kappa shape index (κ2) is 7.00. The van der Waals surface area contributed by atoms with E-state index in [0.717, 1.165) is 22.1 Å². The normalized spacial score (nSPS) is 11.2. The fourth-order valence-corrected chi connectivity index (χ4v) is 3.79. The summed E-state index contributed by atoms with van der Waals surface area (Å²) in [5, 5.41) is 10.1. The third kappa shape index (κ3) is 3.50. The molecular formula is C20H16FN3O2S. The second-order valence-electron chi connectivity index (χ2n) is 6.25. The first-order valence-corrected chi connectivity index (χ1v) is 9.31. The van der Waals surface area contributed by atoms with Gasteiger partial charge in [-0.05, 0) is 48.4 Å². The molecule has 0 fully saturated rings. The Morgan fingerprint density at radius 1 is 1.11 bits per heavy atom. The Labute approximate surface area is 158 Å². The lowest BCUT2D eigenvalue weighted by molar-refractivity contribution is 0.559. The molecular weight excluding hydrogens is 365 g/mol. The summed E-state index contributed by atoms with van der Waals surface area (Å²) in [7, 11) is 1.86. The molecule has 0 N–H and O–H groups in total. The Morgan fingerprint density at radius 3 is 2.67 bits per heavy atom. The van der Waals surface area contributed by atoms with Crippen LogP contribution in [0.3, 0.4) is 0 Å². The van der Waals surface area contributed by atoms with E-state index in [1.165, 1.54) is 30.0 Å². The summed E-state index contributed by atoms with van der Waals surface area (Å²) in [6.45, 7) is 1.96. The van der Waals surface area contributed by atoms with Crippen molar-refractivity contribution in [1.82, 2.24) is 14.8 Å². The van der Waals surface area contributed by atoms with E-state index in [1.54, 1.807) is 12.1 Å². The van der Waals surface area contributed by atoms with Crippen molar-refractivity contribution >= 4 is 22.7 Å². The molecule has 0 atom stereocenters. The van der Waals surface area contributed by atoms with Gasteiger partial charge in [-0.1, -0.05) is 23.9 Å². The zero-order valence-electron chi connectivity index (χ0n) is 14.8. The van der Waals surface area contributed by atoms with E-state index >= 15 is 0 Å². The molecule has 0 radical (unpaired) electrons. The third-order valence-corrected chi connectivity index (χ3v) is 5.35. The van der Waals surface area contributed by atoms with Gasteiger partial charge in [0, 0.05) is 29.8 Å². The van der Waals surface area contributed by atoms with Crippen LogP contribution in [0, 0.1) is 12.7 Å². The lowest BCUT2D eigenvalue weighted by Crippen LogP contribution is -2.01. The largest absolute Gasteiger partial charge is 0.423 e. The summed E-state index contributed by atoms with van der Waals surface area (Å²) in [4.78, 5) is 11.9. The number of thioether (sulfide) groups is 1. The van der Waals surface area contributed by atoms with Gasteiger partial charge >= 0.3 is 5.63 Å². The van der Waals surface area contributed by atoms with Gasteiger partial charge in [-0.15, -0.1) is 10.2 Å². The molecule has 4 rings (SSSR count). The Kier molecular flexibility index (Phi) is 4.53. The SMILES string of the molecule is Cc1ccc2c(CSc3nnc(-c4ccc(F)cc4)n3C)cc(=O)oc2c1. The second-order valence-corrected chi connectivity index (χ2v) is 7.19. The highest BCUT2D eigenvalue weighted by molar-refractivity contribution is 7.98. The standard InChI is InChI=1S/C20H16FN3O2S/c1-12-3-8-16-14(10-18(25)26-17(16)9-12)11-27-20-23-22-19(24(20)2)13-4-6-15(21)7-5-13/h3-10H,11H2,1-2H3. The van der Waals surface area contributed by atoms with E-state index in [9.17, 15) is 9.18 Å². The molecule has 0 bridgehead atoms. The van der Waals surface area contributed by atoms with E-state index in [0.29, 0.717) is 22.3 Å². The summed E-state index contributed by atoms with van der Waals surface area (Å²) < 4.78 is 20.3. The summed E-state index contributed by atoms with van der Waals surface area (Å²) in [6.07, 6.45) is 0. The van der Waals surface area contributed by atoms with Crippen LogP contribution in [0.5, 0.6) is 0 Å². The molecule has 27 heavy (non-hydrogen) atoms. The van der Waals surface area contributed by atoms with Crippen LogP contribution in [-0.2, 0) is 12.8 Å². The molecule has 0 spiro atoms. The number of nitrogens with zero attached hydrogens (tertiary/aromatic N) is 3. The highest BCUT2D eigenvalue weighted by atomic mass is 32.2. The van der Waals surface area contributed by atoms with E-state index in [1.807, 2.05) is 36.7 Å². The smallest absolute Gasteiger partial charge is 0.336 e. The van der Waals surface area contributed by atoms with Crippen molar-refractivity contribution in [3.63, 3.8) is 0 Å². The van der Waals surface area contributed by atoms with Gasteiger partial charge in [0.2, 0.25) is 0 Å². The molecule has 5 nitrogen and oxygen atoms in total. The van der Waals surface area contributed by atoms with Crippen LogP contribution in [0.1, 0.15) is 11.1 Å². The van der Waals surface area contributed by atoms with Crippen LogP contribution in [0.15, 0.2) is 62.9 Å². The molecule has 0 aliphatic rings. The molecule has 2 aromatic carbocycles. The monoisotopic (exact) mass is 381 g/mol. The van der Waals surface area contributed by atoms with Gasteiger partial charge in [0.1, 0.15) is 11.4 Å².